The molecule has 2 bridgehead atoms. The van der Waals surface area contributed by atoms with Crippen molar-refractivity contribution in [3.63, 3.8) is 0 Å². The summed E-state index contributed by atoms with van der Waals surface area (Å²) < 4.78 is 8.33. The van der Waals surface area contributed by atoms with Crippen LogP contribution in [0.15, 0.2) is 31.0 Å². The molecule has 0 unspecified atom stereocenters. The molecule has 3 aliphatic rings. The van der Waals surface area contributed by atoms with E-state index >= 15 is 0 Å². The van der Waals surface area contributed by atoms with Crippen LogP contribution in [0.3, 0.4) is 0 Å². The Bertz CT molecular complexity index is 871. The van der Waals surface area contributed by atoms with Crippen molar-refractivity contribution >= 4 is 5.91 Å². The highest BCUT2D eigenvalue weighted by Gasteiger charge is 2.63. The summed E-state index contributed by atoms with van der Waals surface area (Å²) in [5.74, 6) is 0.810. The van der Waals surface area contributed by atoms with Crippen molar-refractivity contribution < 1.29 is 9.53 Å². The molecule has 2 aromatic heterocycles. The molecule has 3 aliphatic heterocycles. The lowest BCUT2D eigenvalue weighted by Gasteiger charge is -2.31. The van der Waals surface area contributed by atoms with Crippen LogP contribution in [0.2, 0.25) is 0 Å². The van der Waals surface area contributed by atoms with Gasteiger partial charge in [-0.2, -0.15) is 5.10 Å². The van der Waals surface area contributed by atoms with Crippen molar-refractivity contribution in [2.75, 3.05) is 26.7 Å². The number of carbonyl (C=O) groups excluding carboxylic acids is 1. The Labute approximate surface area is 164 Å². The lowest BCUT2D eigenvalue weighted by atomic mass is 9.73. The maximum atomic E-state index is 12.9. The molecule has 3 fully saturated rings. The SMILES string of the molecule is CN(Cc1cnn(C)c1)C[C@H]1[C@H]2CN(C(=O)c3cnccn3)C[C@]23CC[C@H]1O3. The average Bonchev–Trinajstić information content (AvgIpc) is 3.44. The van der Waals surface area contributed by atoms with Crippen LogP contribution in [0.5, 0.6) is 0 Å². The number of hydrogen-bond donors (Lipinski definition) is 0. The number of aromatic nitrogens is 4. The fraction of sp³-hybridized carbons (Fsp3) is 0.600. The molecule has 3 saturated heterocycles. The zero-order chi connectivity index (χ0) is 19.3. The van der Waals surface area contributed by atoms with Crippen LogP contribution in [-0.2, 0) is 18.3 Å². The number of nitrogens with zero attached hydrogens (tertiary/aromatic N) is 6. The van der Waals surface area contributed by atoms with Gasteiger partial charge in [0, 0.05) is 62.7 Å². The summed E-state index contributed by atoms with van der Waals surface area (Å²) in [6.45, 7) is 3.27. The fourth-order valence-electron chi connectivity index (χ4n) is 5.45. The molecular formula is C20H26N6O2. The molecule has 5 rings (SSSR count). The lowest BCUT2D eigenvalue weighted by Crippen LogP contribution is -2.40. The second-order valence-corrected chi connectivity index (χ2v) is 8.53. The first kappa shape index (κ1) is 17.8. The van der Waals surface area contributed by atoms with E-state index < -0.39 is 0 Å². The van der Waals surface area contributed by atoms with Crippen LogP contribution in [0.25, 0.3) is 0 Å². The molecule has 28 heavy (non-hydrogen) atoms. The molecule has 0 aromatic carbocycles. The molecule has 1 amide bonds. The molecule has 0 N–H and O–H groups in total. The van der Waals surface area contributed by atoms with Crippen molar-refractivity contribution in [1.29, 1.82) is 0 Å². The number of hydrogen-bond acceptors (Lipinski definition) is 6. The van der Waals surface area contributed by atoms with Crippen molar-refractivity contribution in [3.05, 3.63) is 42.2 Å². The highest BCUT2D eigenvalue weighted by molar-refractivity contribution is 5.92. The minimum atomic E-state index is -0.164. The van der Waals surface area contributed by atoms with E-state index in [1.165, 1.54) is 5.56 Å². The average molecular weight is 382 g/mol. The maximum absolute atomic E-state index is 12.9. The van der Waals surface area contributed by atoms with E-state index in [9.17, 15) is 4.79 Å². The van der Waals surface area contributed by atoms with Gasteiger partial charge in [0.1, 0.15) is 5.69 Å². The first-order chi connectivity index (χ1) is 13.5. The van der Waals surface area contributed by atoms with Crippen molar-refractivity contribution in [2.24, 2.45) is 18.9 Å². The summed E-state index contributed by atoms with van der Waals surface area (Å²) >= 11 is 0. The topological polar surface area (TPSA) is 76.4 Å². The second kappa shape index (κ2) is 6.63. The normalized spacial score (nSPS) is 31.0. The van der Waals surface area contributed by atoms with Gasteiger partial charge in [-0.25, -0.2) is 4.98 Å². The monoisotopic (exact) mass is 382 g/mol. The van der Waals surface area contributed by atoms with E-state index in [0.29, 0.717) is 30.2 Å². The second-order valence-electron chi connectivity index (χ2n) is 8.53. The predicted octanol–water partition coefficient (Wildman–Crippen LogP) is 0.962. The van der Waals surface area contributed by atoms with Gasteiger partial charge < -0.3 is 14.5 Å². The molecule has 5 heterocycles. The number of amides is 1. The molecule has 8 nitrogen and oxygen atoms in total. The maximum Gasteiger partial charge on any atom is 0.274 e. The van der Waals surface area contributed by atoms with Crippen LogP contribution in [0.4, 0.5) is 0 Å². The Kier molecular flexibility index (Phi) is 4.21. The van der Waals surface area contributed by atoms with Crippen LogP contribution >= 0.6 is 0 Å². The standard InChI is InChI=1S/C20H26N6O2/c1-24(9-14-7-23-25(2)10-14)11-15-16-12-26(13-20(16)4-3-18(15)28-20)19(27)17-8-21-5-6-22-17/h5-8,10,15-16,18H,3-4,9,11-13H2,1-2H3/t15-,16+,18+,20+/m0/s1. The summed E-state index contributed by atoms with van der Waals surface area (Å²) in [6.07, 6.45) is 11.2. The number of likely N-dealkylation sites (tertiary alicyclic amines) is 1. The Hall–Kier alpha value is -2.32. The minimum Gasteiger partial charge on any atom is -0.369 e. The zero-order valence-corrected chi connectivity index (χ0v) is 16.4. The Morgan fingerprint density at radius 2 is 2.29 bits per heavy atom. The van der Waals surface area contributed by atoms with Gasteiger partial charge in [0.15, 0.2) is 0 Å². The van der Waals surface area contributed by atoms with E-state index in [1.54, 1.807) is 18.6 Å². The number of ether oxygens (including phenoxy) is 1. The molecular weight excluding hydrogens is 356 g/mol. The number of rotatable bonds is 5. The van der Waals surface area contributed by atoms with E-state index in [1.807, 2.05) is 22.8 Å². The molecule has 4 atom stereocenters. The summed E-state index contributed by atoms with van der Waals surface area (Å²) in [5, 5.41) is 4.26. The van der Waals surface area contributed by atoms with E-state index in [0.717, 1.165) is 32.5 Å². The van der Waals surface area contributed by atoms with Gasteiger partial charge in [-0.15, -0.1) is 0 Å². The van der Waals surface area contributed by atoms with Gasteiger partial charge in [-0.3, -0.25) is 14.5 Å². The van der Waals surface area contributed by atoms with Crippen molar-refractivity contribution in [2.45, 2.75) is 31.1 Å². The van der Waals surface area contributed by atoms with E-state index in [4.69, 9.17) is 4.74 Å². The van der Waals surface area contributed by atoms with Crippen molar-refractivity contribution in [1.82, 2.24) is 29.5 Å². The van der Waals surface area contributed by atoms with Gasteiger partial charge in [-0.05, 0) is 19.9 Å². The molecule has 0 aliphatic carbocycles. The Morgan fingerprint density at radius 1 is 1.39 bits per heavy atom. The van der Waals surface area contributed by atoms with Gasteiger partial charge >= 0.3 is 0 Å². The first-order valence-corrected chi connectivity index (χ1v) is 9.93. The van der Waals surface area contributed by atoms with Crippen LogP contribution in [0, 0.1) is 11.8 Å². The summed E-state index contributed by atoms with van der Waals surface area (Å²) in [7, 11) is 4.10. The van der Waals surface area contributed by atoms with Crippen LogP contribution in [-0.4, -0.2) is 73.8 Å². The Balaban J connectivity index is 1.28. The first-order valence-electron chi connectivity index (χ1n) is 9.93. The third kappa shape index (κ3) is 2.91. The highest BCUT2D eigenvalue weighted by Crippen LogP contribution is 2.55. The third-order valence-corrected chi connectivity index (χ3v) is 6.59. The van der Waals surface area contributed by atoms with Gasteiger partial charge in [0.2, 0.25) is 0 Å². The minimum absolute atomic E-state index is 0.0358. The van der Waals surface area contributed by atoms with Gasteiger partial charge in [-0.1, -0.05) is 0 Å². The van der Waals surface area contributed by atoms with E-state index in [-0.39, 0.29) is 11.5 Å². The van der Waals surface area contributed by atoms with Crippen molar-refractivity contribution in [3.8, 4) is 0 Å². The summed E-state index contributed by atoms with van der Waals surface area (Å²) in [6, 6.07) is 0. The third-order valence-electron chi connectivity index (χ3n) is 6.59. The molecule has 0 radical (unpaired) electrons. The van der Waals surface area contributed by atoms with Gasteiger partial charge in [0.25, 0.3) is 5.91 Å². The summed E-state index contributed by atoms with van der Waals surface area (Å²) in [4.78, 5) is 25.4. The molecule has 1 spiro atoms. The smallest absolute Gasteiger partial charge is 0.274 e. The number of carbonyl (C=O) groups is 1. The molecule has 148 valence electrons. The quantitative estimate of drug-likeness (QED) is 0.767. The molecule has 2 aromatic rings. The lowest BCUT2D eigenvalue weighted by molar-refractivity contribution is 0.00227. The summed E-state index contributed by atoms with van der Waals surface area (Å²) in [5.41, 5.74) is 1.47. The molecule has 8 heteroatoms. The zero-order valence-electron chi connectivity index (χ0n) is 16.4. The number of aryl methyl sites for hydroxylation is 1. The van der Waals surface area contributed by atoms with E-state index in [2.05, 4.69) is 33.2 Å². The van der Waals surface area contributed by atoms with Gasteiger partial charge in [0.05, 0.1) is 30.6 Å². The predicted molar refractivity (Wildman–Crippen MR) is 101 cm³/mol. The Morgan fingerprint density at radius 3 is 3.04 bits per heavy atom. The number of fused-ring (bicyclic) bond motifs is 1. The fourth-order valence-corrected chi connectivity index (χ4v) is 5.45. The molecule has 0 saturated carbocycles. The van der Waals surface area contributed by atoms with Crippen LogP contribution in [0.1, 0.15) is 28.9 Å². The largest absolute Gasteiger partial charge is 0.369 e. The highest BCUT2D eigenvalue weighted by atomic mass is 16.5. The van der Waals surface area contributed by atoms with Crippen LogP contribution < -0.4 is 0 Å².